The first-order chi connectivity index (χ1) is 9.51. The Morgan fingerprint density at radius 1 is 1.25 bits per heavy atom. The van der Waals surface area contributed by atoms with Crippen molar-refractivity contribution < 1.29 is 0 Å². The van der Waals surface area contributed by atoms with Crippen LogP contribution in [0.3, 0.4) is 0 Å². The number of thiocarbonyl (C=S) groups is 1. The highest BCUT2D eigenvalue weighted by Crippen LogP contribution is 2.28. The molecule has 0 spiro atoms. The Morgan fingerprint density at radius 2 is 2.00 bits per heavy atom. The first-order valence-electron chi connectivity index (χ1n) is 6.16. The van der Waals surface area contributed by atoms with Crippen molar-refractivity contribution >= 4 is 56.1 Å². The van der Waals surface area contributed by atoms with Gasteiger partial charge in [-0.05, 0) is 48.4 Å². The molecule has 104 valence electrons. The monoisotopic (exact) mass is 368 g/mol. The molecule has 0 saturated heterocycles. The topological polar surface area (TPSA) is 38.0 Å². The summed E-state index contributed by atoms with van der Waals surface area (Å²) in [5, 5.41) is 4.01. The molecule has 0 amide bonds. The number of hydrogen-bond donors (Lipinski definition) is 2. The van der Waals surface area contributed by atoms with Crippen molar-refractivity contribution in [3.63, 3.8) is 0 Å². The van der Waals surface area contributed by atoms with Crippen molar-refractivity contribution in [2.75, 3.05) is 5.32 Å². The number of nitrogens with one attached hydrogen (secondary N) is 1. The number of benzene rings is 2. The van der Waals surface area contributed by atoms with Crippen molar-refractivity contribution in [2.45, 2.75) is 13.3 Å². The van der Waals surface area contributed by atoms with Crippen LogP contribution in [0, 0.1) is 0 Å². The van der Waals surface area contributed by atoms with Gasteiger partial charge in [-0.15, -0.1) is 0 Å². The van der Waals surface area contributed by atoms with Gasteiger partial charge in [-0.3, -0.25) is 0 Å². The molecule has 2 rings (SSSR count). The number of anilines is 2. The molecule has 0 aromatic heterocycles. The third-order valence-corrected chi connectivity index (χ3v) is 3.91. The highest BCUT2D eigenvalue weighted by atomic mass is 79.9. The Bertz CT molecular complexity index is 658. The van der Waals surface area contributed by atoms with Gasteiger partial charge >= 0.3 is 0 Å². The van der Waals surface area contributed by atoms with Crippen LogP contribution in [0.15, 0.2) is 40.9 Å². The maximum atomic E-state index is 6.06. The van der Waals surface area contributed by atoms with Gasteiger partial charge in [0.1, 0.15) is 4.99 Å². The summed E-state index contributed by atoms with van der Waals surface area (Å²) in [7, 11) is 0. The summed E-state index contributed by atoms with van der Waals surface area (Å²) >= 11 is 14.6. The summed E-state index contributed by atoms with van der Waals surface area (Å²) in [5.41, 5.74) is 9.59. The Kier molecular flexibility index (Phi) is 5.02. The molecular weight excluding hydrogens is 356 g/mol. The number of halogens is 2. The molecule has 20 heavy (non-hydrogen) atoms. The minimum absolute atomic E-state index is 0.347. The van der Waals surface area contributed by atoms with Crippen molar-refractivity contribution in [1.29, 1.82) is 0 Å². The lowest BCUT2D eigenvalue weighted by Crippen LogP contribution is -2.12. The molecule has 0 fully saturated rings. The van der Waals surface area contributed by atoms with E-state index in [-0.39, 0.29) is 0 Å². The average molecular weight is 370 g/mol. The fourth-order valence-corrected chi connectivity index (χ4v) is 2.72. The lowest BCUT2D eigenvalue weighted by molar-refractivity contribution is 1.14. The van der Waals surface area contributed by atoms with E-state index in [9.17, 15) is 0 Å². The van der Waals surface area contributed by atoms with Crippen LogP contribution in [0.2, 0.25) is 5.02 Å². The summed E-state index contributed by atoms with van der Waals surface area (Å²) in [5.74, 6) is 0. The van der Waals surface area contributed by atoms with E-state index in [0.717, 1.165) is 27.8 Å². The zero-order valence-electron chi connectivity index (χ0n) is 10.9. The van der Waals surface area contributed by atoms with Gasteiger partial charge in [0, 0.05) is 20.7 Å². The van der Waals surface area contributed by atoms with Gasteiger partial charge in [0.25, 0.3) is 0 Å². The van der Waals surface area contributed by atoms with Crippen molar-refractivity contribution in [3.05, 3.63) is 57.0 Å². The zero-order chi connectivity index (χ0) is 14.7. The smallest absolute Gasteiger partial charge is 0.106 e. The molecule has 0 bridgehead atoms. The molecule has 2 aromatic rings. The van der Waals surface area contributed by atoms with Crippen LogP contribution in [0.25, 0.3) is 0 Å². The fourth-order valence-electron chi connectivity index (χ4n) is 1.96. The van der Waals surface area contributed by atoms with E-state index in [2.05, 4.69) is 34.2 Å². The van der Waals surface area contributed by atoms with Crippen LogP contribution in [0.5, 0.6) is 0 Å². The molecule has 0 aliphatic rings. The summed E-state index contributed by atoms with van der Waals surface area (Å²) in [6, 6.07) is 11.5. The SMILES string of the molecule is CCc1cc(Br)ccc1Nc1cc(Cl)ccc1C(N)=S. The van der Waals surface area contributed by atoms with E-state index >= 15 is 0 Å². The number of aryl methyl sites for hydroxylation is 1. The highest BCUT2D eigenvalue weighted by molar-refractivity contribution is 9.10. The zero-order valence-corrected chi connectivity index (χ0v) is 14.1. The summed E-state index contributed by atoms with van der Waals surface area (Å²) in [6.07, 6.45) is 0.921. The molecule has 0 atom stereocenters. The molecule has 0 saturated carbocycles. The third kappa shape index (κ3) is 3.51. The maximum Gasteiger partial charge on any atom is 0.106 e. The Labute approximate surface area is 137 Å². The lowest BCUT2D eigenvalue weighted by atomic mass is 10.1. The average Bonchev–Trinajstić information content (AvgIpc) is 2.40. The normalized spacial score (nSPS) is 10.3. The molecule has 5 heteroatoms. The summed E-state index contributed by atoms with van der Waals surface area (Å²) < 4.78 is 1.06. The minimum Gasteiger partial charge on any atom is -0.389 e. The van der Waals surface area contributed by atoms with Crippen LogP contribution in [-0.4, -0.2) is 4.99 Å². The standard InChI is InChI=1S/C15H14BrClN2S/c1-2-9-7-10(16)3-6-13(9)19-14-8-11(17)4-5-12(14)15(18)20/h3-8,19H,2H2,1H3,(H2,18,20). The Hall–Kier alpha value is -1.10. The van der Waals surface area contributed by atoms with Gasteiger partial charge in [-0.1, -0.05) is 46.7 Å². The van der Waals surface area contributed by atoms with E-state index in [1.165, 1.54) is 5.56 Å². The Morgan fingerprint density at radius 3 is 2.65 bits per heavy atom. The highest BCUT2D eigenvalue weighted by Gasteiger charge is 2.08. The molecule has 0 aliphatic carbocycles. The van der Waals surface area contributed by atoms with Crippen LogP contribution >= 0.6 is 39.7 Å². The minimum atomic E-state index is 0.347. The third-order valence-electron chi connectivity index (χ3n) is 2.96. The molecule has 2 nitrogen and oxygen atoms in total. The molecular formula is C15H14BrClN2S. The number of hydrogen-bond acceptors (Lipinski definition) is 2. The van der Waals surface area contributed by atoms with Crippen molar-refractivity contribution in [3.8, 4) is 0 Å². The first kappa shape index (κ1) is 15.3. The molecule has 3 N–H and O–H groups in total. The van der Waals surface area contributed by atoms with E-state index in [1.807, 2.05) is 24.3 Å². The van der Waals surface area contributed by atoms with Crippen LogP contribution in [0.1, 0.15) is 18.1 Å². The largest absolute Gasteiger partial charge is 0.389 e. The maximum absolute atomic E-state index is 6.06. The van der Waals surface area contributed by atoms with Crippen molar-refractivity contribution in [2.24, 2.45) is 5.73 Å². The van der Waals surface area contributed by atoms with Gasteiger partial charge in [-0.25, -0.2) is 0 Å². The summed E-state index contributed by atoms with van der Waals surface area (Å²) in [6.45, 7) is 2.11. The number of rotatable bonds is 4. The molecule has 0 aliphatic heterocycles. The fraction of sp³-hybridized carbons (Fsp3) is 0.133. The predicted octanol–water partition coefficient (Wildman–Crippen LogP) is 5.04. The molecule has 0 heterocycles. The second-order valence-corrected chi connectivity index (χ2v) is 6.13. The Balaban J connectivity index is 2.44. The van der Waals surface area contributed by atoms with E-state index in [1.54, 1.807) is 6.07 Å². The lowest BCUT2D eigenvalue weighted by Gasteiger charge is -2.15. The number of nitrogens with two attached hydrogens (primary N) is 1. The van der Waals surface area contributed by atoms with Crippen LogP contribution in [-0.2, 0) is 6.42 Å². The summed E-state index contributed by atoms with van der Waals surface area (Å²) in [4.78, 5) is 0.347. The van der Waals surface area contributed by atoms with Gasteiger partial charge in [0.15, 0.2) is 0 Å². The van der Waals surface area contributed by atoms with E-state index < -0.39 is 0 Å². The van der Waals surface area contributed by atoms with Gasteiger partial charge in [-0.2, -0.15) is 0 Å². The van der Waals surface area contributed by atoms with Gasteiger partial charge in [0.05, 0.1) is 5.69 Å². The van der Waals surface area contributed by atoms with Crippen molar-refractivity contribution in [1.82, 2.24) is 0 Å². The van der Waals surface area contributed by atoms with Crippen LogP contribution < -0.4 is 11.1 Å². The molecule has 0 unspecified atom stereocenters. The second-order valence-electron chi connectivity index (χ2n) is 4.33. The van der Waals surface area contributed by atoms with E-state index in [0.29, 0.717) is 10.0 Å². The first-order valence-corrected chi connectivity index (χ1v) is 7.74. The quantitative estimate of drug-likeness (QED) is 0.741. The predicted molar refractivity (Wildman–Crippen MR) is 94.1 cm³/mol. The van der Waals surface area contributed by atoms with Gasteiger partial charge in [0.2, 0.25) is 0 Å². The van der Waals surface area contributed by atoms with Crippen LogP contribution in [0.4, 0.5) is 11.4 Å². The van der Waals surface area contributed by atoms with Gasteiger partial charge < -0.3 is 11.1 Å². The molecule has 0 radical (unpaired) electrons. The molecule has 2 aromatic carbocycles. The van der Waals surface area contributed by atoms with E-state index in [4.69, 9.17) is 29.6 Å². The second kappa shape index (κ2) is 6.57.